The van der Waals surface area contributed by atoms with Gasteiger partial charge in [0.25, 0.3) is 0 Å². The number of hydrogen-bond acceptors (Lipinski definition) is 8. The van der Waals surface area contributed by atoms with Gasteiger partial charge in [0.05, 0.1) is 44.1 Å². The molecule has 3 N–H and O–H groups in total. The molecule has 0 aromatic heterocycles. The van der Waals surface area contributed by atoms with Crippen LogP contribution in [0.4, 0.5) is 0 Å². The molecule has 8 atom stereocenters. The Balaban J connectivity index is 1.47. The molecule has 5 rings (SSSR count). The summed E-state index contributed by atoms with van der Waals surface area (Å²) in [6.45, 7) is 9.09. The maximum absolute atomic E-state index is 13.2. The van der Waals surface area contributed by atoms with Gasteiger partial charge in [-0.3, -0.25) is 4.79 Å². The summed E-state index contributed by atoms with van der Waals surface area (Å²) >= 11 is 0. The topological polar surface area (TPSA) is 121 Å². The first-order valence-electron chi connectivity index (χ1n) is 13.3. The highest BCUT2D eigenvalue weighted by atomic mass is 16.6. The first kappa shape index (κ1) is 25.9. The second kappa shape index (κ2) is 9.51. The monoisotopic (exact) mass is 504 g/mol. The number of carbonyl (C=O) groups excluding carboxylic acids is 2. The highest BCUT2D eigenvalue weighted by molar-refractivity contribution is 5.93. The first-order valence-corrected chi connectivity index (χ1v) is 13.3. The van der Waals surface area contributed by atoms with Gasteiger partial charge in [0.1, 0.15) is 12.2 Å². The van der Waals surface area contributed by atoms with Gasteiger partial charge in [-0.1, -0.05) is 26.0 Å². The smallest absolute Gasteiger partial charge is 0.338 e. The Morgan fingerprint density at radius 2 is 2.06 bits per heavy atom. The molecule has 9 heteroatoms. The molecule has 1 spiro atoms. The molecular formula is C27H40N2O7. The number of esters is 1. The SMILES string of the molecule is CC(NC1CC2[C@](C)(CC[C@@H](O)[C@@]2(C)CO)C(C=CC2=CCOC2=O)C12CO2)C(=O)N1CCOCC1. The van der Waals surface area contributed by atoms with E-state index in [1.165, 1.54) is 0 Å². The number of hydrogen-bond donors (Lipinski definition) is 3. The van der Waals surface area contributed by atoms with E-state index in [9.17, 15) is 19.8 Å². The second-order valence-corrected chi connectivity index (χ2v) is 11.7. The molecule has 0 radical (unpaired) electrons. The summed E-state index contributed by atoms with van der Waals surface area (Å²) in [4.78, 5) is 27.2. The highest BCUT2D eigenvalue weighted by Crippen LogP contribution is 2.65. The summed E-state index contributed by atoms with van der Waals surface area (Å²) < 4.78 is 16.7. The lowest BCUT2D eigenvalue weighted by atomic mass is 9.44. The lowest BCUT2D eigenvalue weighted by Crippen LogP contribution is -2.67. The predicted octanol–water partition coefficient (Wildman–Crippen LogP) is 0.796. The lowest BCUT2D eigenvalue weighted by Gasteiger charge is -2.62. The van der Waals surface area contributed by atoms with Crippen LogP contribution in [0.25, 0.3) is 0 Å². The number of cyclic esters (lactones) is 1. The third-order valence-electron chi connectivity index (χ3n) is 9.79. The van der Waals surface area contributed by atoms with E-state index in [1.54, 1.807) is 6.08 Å². The van der Waals surface area contributed by atoms with E-state index < -0.39 is 23.2 Å². The molecule has 0 bridgehead atoms. The van der Waals surface area contributed by atoms with E-state index >= 15 is 0 Å². The Bertz CT molecular complexity index is 940. The number of nitrogens with one attached hydrogen (secondary N) is 1. The van der Waals surface area contributed by atoms with E-state index in [0.717, 1.165) is 6.42 Å². The van der Waals surface area contributed by atoms with Gasteiger partial charge in [0.15, 0.2) is 0 Å². The summed E-state index contributed by atoms with van der Waals surface area (Å²) in [5.74, 6) is -0.370. The Labute approximate surface area is 212 Å². The summed E-state index contributed by atoms with van der Waals surface area (Å²) in [5.41, 5.74) is -0.915. The molecule has 5 aliphatic rings. The number of carbonyl (C=O) groups is 2. The van der Waals surface area contributed by atoms with Crippen molar-refractivity contribution in [2.24, 2.45) is 22.7 Å². The predicted molar refractivity (Wildman–Crippen MR) is 131 cm³/mol. The third kappa shape index (κ3) is 4.13. The van der Waals surface area contributed by atoms with Crippen LogP contribution in [-0.4, -0.2) is 96.9 Å². The number of morpholine rings is 1. The molecule has 9 nitrogen and oxygen atoms in total. The number of nitrogens with zero attached hydrogens (tertiary/aromatic N) is 1. The minimum Gasteiger partial charge on any atom is -0.458 e. The van der Waals surface area contributed by atoms with Gasteiger partial charge >= 0.3 is 5.97 Å². The number of epoxide rings is 1. The average molecular weight is 505 g/mol. The number of amides is 1. The number of ether oxygens (including phenoxy) is 3. The van der Waals surface area contributed by atoms with Crippen LogP contribution in [0.15, 0.2) is 23.8 Å². The minimum absolute atomic E-state index is 0.0177. The average Bonchev–Trinajstić information content (AvgIpc) is 3.56. The zero-order valence-electron chi connectivity index (χ0n) is 21.6. The maximum atomic E-state index is 13.2. The van der Waals surface area contributed by atoms with Crippen LogP contribution in [0.5, 0.6) is 0 Å². The summed E-state index contributed by atoms with van der Waals surface area (Å²) in [6.07, 6.45) is 7.16. The van der Waals surface area contributed by atoms with Crippen LogP contribution in [0, 0.1) is 22.7 Å². The van der Waals surface area contributed by atoms with Crippen LogP contribution in [0.3, 0.4) is 0 Å². The molecule has 3 aliphatic heterocycles. The molecule has 5 unspecified atom stereocenters. The van der Waals surface area contributed by atoms with Crippen molar-refractivity contribution < 1.29 is 34.0 Å². The Morgan fingerprint density at radius 3 is 2.67 bits per heavy atom. The summed E-state index contributed by atoms with van der Waals surface area (Å²) in [5, 5.41) is 25.1. The van der Waals surface area contributed by atoms with Gasteiger partial charge in [0, 0.05) is 30.5 Å². The van der Waals surface area contributed by atoms with E-state index in [4.69, 9.17) is 14.2 Å². The zero-order chi connectivity index (χ0) is 25.7. The van der Waals surface area contributed by atoms with Crippen molar-refractivity contribution in [3.63, 3.8) is 0 Å². The van der Waals surface area contributed by atoms with Crippen LogP contribution in [0.1, 0.15) is 40.0 Å². The van der Waals surface area contributed by atoms with Crippen molar-refractivity contribution in [1.29, 1.82) is 0 Å². The molecular weight excluding hydrogens is 464 g/mol. The second-order valence-electron chi connectivity index (χ2n) is 11.7. The fourth-order valence-electron chi connectivity index (χ4n) is 7.47. The van der Waals surface area contributed by atoms with E-state index in [0.29, 0.717) is 51.3 Å². The van der Waals surface area contributed by atoms with Crippen molar-refractivity contribution >= 4 is 11.9 Å². The van der Waals surface area contributed by atoms with Crippen LogP contribution in [-0.2, 0) is 23.8 Å². The van der Waals surface area contributed by atoms with Gasteiger partial charge < -0.3 is 34.6 Å². The normalized spacial score (nSPS) is 43.3. The molecule has 0 aromatic rings. The van der Waals surface area contributed by atoms with Crippen LogP contribution >= 0.6 is 0 Å². The fourth-order valence-corrected chi connectivity index (χ4v) is 7.47. The summed E-state index contributed by atoms with van der Waals surface area (Å²) in [7, 11) is 0. The van der Waals surface area contributed by atoms with Crippen molar-refractivity contribution in [1.82, 2.24) is 10.2 Å². The number of aliphatic hydroxyl groups excluding tert-OH is 2. The molecule has 36 heavy (non-hydrogen) atoms. The number of rotatable bonds is 6. The molecule has 200 valence electrons. The number of aliphatic hydroxyl groups is 2. The van der Waals surface area contributed by atoms with Crippen molar-refractivity contribution in [2.75, 3.05) is 46.1 Å². The first-order chi connectivity index (χ1) is 17.2. The van der Waals surface area contributed by atoms with E-state index in [1.807, 2.05) is 24.8 Å². The van der Waals surface area contributed by atoms with Crippen molar-refractivity contribution in [3.8, 4) is 0 Å². The molecule has 1 amide bonds. The largest absolute Gasteiger partial charge is 0.458 e. The zero-order valence-corrected chi connectivity index (χ0v) is 21.6. The molecule has 2 aliphatic carbocycles. The van der Waals surface area contributed by atoms with E-state index in [2.05, 4.69) is 18.3 Å². The van der Waals surface area contributed by atoms with Gasteiger partial charge in [-0.05, 0) is 43.6 Å². The standard InChI is InChI=1S/C27H40N2O7/c1-17(23(32)29-9-12-34-13-10-29)28-21-14-20-25(2,8-6-22(31)26(20,3)15-30)19(27(21)16-36-27)5-4-18-7-11-35-24(18)33/h4-5,7,17,19-22,28,30-31H,6,8-16H2,1-3H3/t17?,19?,20?,21?,22-,25-,26+,27?/m1/s1. The van der Waals surface area contributed by atoms with Gasteiger partial charge in [-0.2, -0.15) is 0 Å². The fraction of sp³-hybridized carbons (Fsp3) is 0.778. The molecule has 0 aromatic carbocycles. The quantitative estimate of drug-likeness (QED) is 0.359. The lowest BCUT2D eigenvalue weighted by molar-refractivity contribution is -0.174. The molecule has 2 saturated carbocycles. The van der Waals surface area contributed by atoms with Crippen molar-refractivity contribution in [2.45, 2.75) is 63.8 Å². The van der Waals surface area contributed by atoms with Gasteiger partial charge in [0.2, 0.25) is 5.91 Å². The molecule has 4 fully saturated rings. The highest BCUT2D eigenvalue weighted by Gasteiger charge is 2.70. The van der Waals surface area contributed by atoms with E-state index in [-0.39, 0.29) is 48.4 Å². The third-order valence-corrected chi connectivity index (χ3v) is 9.79. The van der Waals surface area contributed by atoms with Gasteiger partial charge in [-0.15, -0.1) is 0 Å². The summed E-state index contributed by atoms with van der Waals surface area (Å²) in [6, 6.07) is -0.560. The van der Waals surface area contributed by atoms with Crippen LogP contribution in [0.2, 0.25) is 0 Å². The molecule has 3 heterocycles. The number of fused-ring (bicyclic) bond motifs is 1. The van der Waals surface area contributed by atoms with Gasteiger partial charge in [-0.25, -0.2) is 4.79 Å². The molecule has 2 saturated heterocycles. The Hall–Kier alpha value is -1.78. The van der Waals surface area contributed by atoms with Crippen LogP contribution < -0.4 is 5.32 Å². The Morgan fingerprint density at radius 1 is 1.33 bits per heavy atom. The minimum atomic E-state index is -0.682. The maximum Gasteiger partial charge on any atom is 0.338 e. The van der Waals surface area contributed by atoms with Crippen molar-refractivity contribution in [3.05, 3.63) is 23.8 Å². The Kier molecular flexibility index (Phi) is 6.83.